The molecule has 11 nitrogen and oxygen atoms in total. The monoisotopic (exact) mass is 649 g/mol. The number of phosphoric acid groups is 1. The number of quaternary nitrogens is 1. The Morgan fingerprint density at radius 3 is 1.91 bits per heavy atom. The fourth-order valence-corrected chi connectivity index (χ4v) is 5.00. The number of hydrogen-bond donors (Lipinski definition) is 1. The molecule has 0 radical (unpaired) electrons. The highest BCUT2D eigenvalue weighted by molar-refractivity contribution is 7.45. The van der Waals surface area contributed by atoms with Gasteiger partial charge in [0.1, 0.15) is 26.0 Å². The second-order valence-corrected chi connectivity index (χ2v) is 13.8. The number of aldehydes is 1. The Kier molecular flexibility index (Phi) is 25.6. The highest BCUT2D eigenvalue weighted by Gasteiger charge is 2.22. The maximum atomic E-state index is 12.4. The number of esters is 2. The van der Waals surface area contributed by atoms with Crippen molar-refractivity contribution in [2.45, 2.75) is 128 Å². The number of likely N-dealkylation sites (N-methyl/N-ethyl adjacent to an activating group) is 1. The van der Waals surface area contributed by atoms with Crippen molar-refractivity contribution in [3.63, 3.8) is 0 Å². The van der Waals surface area contributed by atoms with E-state index < -0.39 is 38.6 Å². The van der Waals surface area contributed by atoms with E-state index in [2.05, 4.69) is 6.92 Å². The number of hydrogen-bond acceptors (Lipinski definition) is 10. The zero-order valence-electron chi connectivity index (χ0n) is 27.8. The first-order chi connectivity index (χ1) is 20.9. The summed E-state index contributed by atoms with van der Waals surface area (Å²) in [7, 11) is 0.992. The zero-order valence-corrected chi connectivity index (χ0v) is 28.6. The summed E-state index contributed by atoms with van der Waals surface area (Å²) in [6.07, 6.45) is 17.2. The van der Waals surface area contributed by atoms with Crippen molar-refractivity contribution in [3.05, 3.63) is 12.2 Å². The fraction of sp³-hybridized carbons (Fsp3) is 0.844. The number of ether oxygens (including phenoxy) is 2. The van der Waals surface area contributed by atoms with Gasteiger partial charge >= 0.3 is 11.9 Å². The lowest BCUT2D eigenvalue weighted by molar-refractivity contribution is -0.870. The van der Waals surface area contributed by atoms with Crippen molar-refractivity contribution in [2.75, 3.05) is 47.5 Å². The zero-order chi connectivity index (χ0) is 33.1. The van der Waals surface area contributed by atoms with Gasteiger partial charge in [-0.15, -0.1) is 0 Å². The van der Waals surface area contributed by atoms with Crippen LogP contribution in [0.2, 0.25) is 0 Å². The largest absolute Gasteiger partial charge is 0.756 e. The molecule has 0 heterocycles. The minimum Gasteiger partial charge on any atom is -0.756 e. The molecule has 0 fully saturated rings. The summed E-state index contributed by atoms with van der Waals surface area (Å²) in [5.74, 6) is -1.12. The molecule has 1 N–H and O–H groups in total. The van der Waals surface area contributed by atoms with Gasteiger partial charge in [-0.1, -0.05) is 90.0 Å². The molecule has 0 aliphatic carbocycles. The smallest absolute Gasteiger partial charge is 0.306 e. The lowest BCUT2D eigenvalue weighted by Gasteiger charge is -2.28. The minimum absolute atomic E-state index is 0.0650. The van der Waals surface area contributed by atoms with Gasteiger partial charge in [0.05, 0.1) is 33.9 Å². The molecule has 3 atom stereocenters. The summed E-state index contributed by atoms with van der Waals surface area (Å²) < 4.78 is 33.1. The van der Waals surface area contributed by atoms with Crippen LogP contribution in [0.4, 0.5) is 0 Å². The molecule has 0 aliphatic rings. The maximum absolute atomic E-state index is 12.4. The quantitative estimate of drug-likeness (QED) is 0.0267. The molecule has 0 aromatic rings. The van der Waals surface area contributed by atoms with Gasteiger partial charge in [0.2, 0.25) is 0 Å². The van der Waals surface area contributed by atoms with Crippen LogP contribution in [0.5, 0.6) is 0 Å². The van der Waals surface area contributed by atoms with Gasteiger partial charge in [0.15, 0.2) is 6.10 Å². The Bertz CT molecular complexity index is 830. The molecule has 0 saturated heterocycles. The average Bonchev–Trinajstić information content (AvgIpc) is 2.95. The van der Waals surface area contributed by atoms with Crippen molar-refractivity contribution in [2.24, 2.45) is 0 Å². The molecule has 0 aliphatic heterocycles. The standard InChI is InChI=1S/C32H60NO10P/c1-5-6-7-8-9-10-11-12-13-14-15-16-17-22-31(36)40-27-30(28-42-44(38,39)41-26-24-33(2,3)4)43-32(37)23-18-20-29(35)21-19-25-34/h19,21,25,29-30,35H,5-18,20,22-24,26-28H2,1-4H3/b21-19+. The molecular weight excluding hydrogens is 589 g/mol. The molecule has 3 unspecified atom stereocenters. The van der Waals surface area contributed by atoms with E-state index in [4.69, 9.17) is 18.5 Å². The summed E-state index contributed by atoms with van der Waals surface area (Å²) >= 11 is 0. The van der Waals surface area contributed by atoms with Crippen LogP contribution in [-0.4, -0.2) is 87.5 Å². The van der Waals surface area contributed by atoms with Gasteiger partial charge < -0.3 is 33.0 Å². The molecule has 0 saturated carbocycles. The Morgan fingerprint density at radius 2 is 1.36 bits per heavy atom. The number of allylic oxidation sites excluding steroid dienone is 1. The summed E-state index contributed by atoms with van der Waals surface area (Å²) in [5.41, 5.74) is 0. The summed E-state index contributed by atoms with van der Waals surface area (Å²) in [6, 6.07) is 0. The summed E-state index contributed by atoms with van der Waals surface area (Å²) in [6.45, 7) is 1.67. The van der Waals surface area contributed by atoms with Crippen LogP contribution in [0.3, 0.4) is 0 Å². The number of aliphatic hydroxyl groups excluding tert-OH is 1. The molecule has 0 aromatic carbocycles. The normalized spacial score (nSPS) is 14.7. The van der Waals surface area contributed by atoms with E-state index in [1.165, 1.54) is 69.9 Å². The number of rotatable bonds is 30. The van der Waals surface area contributed by atoms with E-state index in [9.17, 15) is 28.9 Å². The van der Waals surface area contributed by atoms with Gasteiger partial charge in [-0.2, -0.15) is 0 Å². The topological polar surface area (TPSA) is 148 Å². The highest BCUT2D eigenvalue weighted by Crippen LogP contribution is 2.38. The van der Waals surface area contributed by atoms with E-state index in [1.807, 2.05) is 21.1 Å². The fourth-order valence-electron chi connectivity index (χ4n) is 4.27. The van der Waals surface area contributed by atoms with E-state index >= 15 is 0 Å². The Morgan fingerprint density at radius 1 is 0.818 bits per heavy atom. The number of carbonyl (C=O) groups is 3. The number of unbranched alkanes of at least 4 members (excludes halogenated alkanes) is 12. The van der Waals surface area contributed by atoms with Gasteiger partial charge in [0, 0.05) is 12.8 Å². The van der Waals surface area contributed by atoms with Crippen LogP contribution in [0, 0.1) is 0 Å². The molecule has 0 aromatic heterocycles. The molecule has 0 bridgehead atoms. The Hall–Kier alpha value is -1.62. The molecule has 12 heteroatoms. The van der Waals surface area contributed by atoms with Crippen molar-refractivity contribution in [1.82, 2.24) is 0 Å². The van der Waals surface area contributed by atoms with Gasteiger partial charge in [0.25, 0.3) is 7.82 Å². The number of aliphatic hydroxyl groups is 1. The lowest BCUT2D eigenvalue weighted by atomic mass is 10.0. The van der Waals surface area contributed by atoms with Gasteiger partial charge in [-0.05, 0) is 25.3 Å². The first kappa shape index (κ1) is 42.4. The number of nitrogens with zero attached hydrogens (tertiary/aromatic N) is 1. The first-order valence-electron chi connectivity index (χ1n) is 16.4. The Balaban J connectivity index is 4.48. The third kappa shape index (κ3) is 29.1. The average molecular weight is 650 g/mol. The van der Waals surface area contributed by atoms with Crippen LogP contribution in [-0.2, 0) is 37.5 Å². The molecular formula is C32H60NO10P. The second kappa shape index (κ2) is 26.6. The van der Waals surface area contributed by atoms with Crippen LogP contribution in [0.1, 0.15) is 116 Å². The van der Waals surface area contributed by atoms with E-state index in [1.54, 1.807) is 0 Å². The SMILES string of the molecule is CCCCCCCCCCCCCCCC(=O)OCC(COP(=O)([O-])OCC[N+](C)(C)C)OC(=O)CCCC(O)/C=C/C=O. The molecule has 0 spiro atoms. The van der Waals surface area contributed by atoms with Gasteiger partial charge in [-0.3, -0.25) is 18.9 Å². The van der Waals surface area contributed by atoms with E-state index in [0.717, 1.165) is 19.3 Å². The highest BCUT2D eigenvalue weighted by atomic mass is 31.2. The number of phosphoric ester groups is 1. The van der Waals surface area contributed by atoms with Crippen LogP contribution >= 0.6 is 7.82 Å². The van der Waals surface area contributed by atoms with Crippen molar-refractivity contribution >= 4 is 26.0 Å². The molecule has 0 rings (SSSR count). The van der Waals surface area contributed by atoms with E-state index in [-0.39, 0.29) is 38.9 Å². The Labute approximate surface area is 265 Å². The van der Waals surface area contributed by atoms with Crippen LogP contribution in [0.15, 0.2) is 12.2 Å². The van der Waals surface area contributed by atoms with Crippen LogP contribution < -0.4 is 4.89 Å². The molecule has 258 valence electrons. The molecule has 0 amide bonds. The van der Waals surface area contributed by atoms with E-state index in [0.29, 0.717) is 23.7 Å². The first-order valence-corrected chi connectivity index (χ1v) is 17.9. The van der Waals surface area contributed by atoms with Crippen molar-refractivity contribution in [3.8, 4) is 0 Å². The van der Waals surface area contributed by atoms with Gasteiger partial charge in [-0.25, -0.2) is 0 Å². The number of carbonyl (C=O) groups excluding carboxylic acids is 3. The van der Waals surface area contributed by atoms with Crippen LogP contribution in [0.25, 0.3) is 0 Å². The second-order valence-electron chi connectivity index (χ2n) is 12.4. The van der Waals surface area contributed by atoms with Crippen molar-refractivity contribution < 1.29 is 52.0 Å². The predicted octanol–water partition coefficient (Wildman–Crippen LogP) is 5.42. The third-order valence-electron chi connectivity index (χ3n) is 6.94. The lowest BCUT2D eigenvalue weighted by Crippen LogP contribution is -2.37. The molecule has 44 heavy (non-hydrogen) atoms. The minimum atomic E-state index is -4.67. The summed E-state index contributed by atoms with van der Waals surface area (Å²) in [4.78, 5) is 47.2. The predicted molar refractivity (Wildman–Crippen MR) is 169 cm³/mol. The van der Waals surface area contributed by atoms with Crippen molar-refractivity contribution in [1.29, 1.82) is 0 Å². The third-order valence-corrected chi connectivity index (χ3v) is 7.90. The summed E-state index contributed by atoms with van der Waals surface area (Å²) in [5, 5.41) is 9.75. The maximum Gasteiger partial charge on any atom is 0.306 e.